The zero-order chi connectivity index (χ0) is 13.9. The van der Waals surface area contributed by atoms with Crippen molar-refractivity contribution >= 4 is 21.7 Å². The summed E-state index contributed by atoms with van der Waals surface area (Å²) in [6, 6.07) is 0. The Kier molecular flexibility index (Phi) is 3.51. The Hall–Kier alpha value is -2.36. The van der Waals surface area contributed by atoms with Crippen LogP contribution in [0.5, 0.6) is 0 Å². The van der Waals surface area contributed by atoms with Gasteiger partial charge in [0.25, 0.3) is 10.0 Å². The van der Waals surface area contributed by atoms with Crippen molar-refractivity contribution in [2.45, 2.75) is 17.9 Å². The molecule has 0 radical (unpaired) electrons. The smallest absolute Gasteiger partial charge is 0.305 e. The highest BCUT2D eigenvalue weighted by molar-refractivity contribution is 7.92. The molecule has 102 valence electrons. The largest absolute Gasteiger partial charge is 0.481 e. The molecule has 2 heterocycles. The van der Waals surface area contributed by atoms with E-state index >= 15 is 0 Å². The minimum absolute atomic E-state index is 0.0425. The van der Waals surface area contributed by atoms with Crippen LogP contribution in [0.25, 0.3) is 0 Å². The Labute approximate surface area is 108 Å². The summed E-state index contributed by atoms with van der Waals surface area (Å²) in [5.41, 5.74) is 0.304. The van der Waals surface area contributed by atoms with Crippen molar-refractivity contribution in [2.75, 3.05) is 4.72 Å². The lowest BCUT2D eigenvalue weighted by Crippen LogP contribution is -2.12. The van der Waals surface area contributed by atoms with Crippen LogP contribution in [0.1, 0.15) is 6.42 Å². The first-order chi connectivity index (χ1) is 8.97. The van der Waals surface area contributed by atoms with Gasteiger partial charge in [-0.25, -0.2) is 8.42 Å². The fourth-order valence-electron chi connectivity index (χ4n) is 1.34. The van der Waals surface area contributed by atoms with Gasteiger partial charge in [0.1, 0.15) is 4.90 Å². The molecule has 0 fully saturated rings. The van der Waals surface area contributed by atoms with Crippen molar-refractivity contribution in [3.05, 3.63) is 24.8 Å². The number of nitrogens with one attached hydrogen (secondary N) is 2. The van der Waals surface area contributed by atoms with E-state index in [-0.39, 0.29) is 17.9 Å². The fraction of sp³-hybridized carbons (Fsp3) is 0.222. The molecule has 0 saturated heterocycles. The number of aromatic amines is 1. The van der Waals surface area contributed by atoms with Crippen molar-refractivity contribution in [2.24, 2.45) is 0 Å². The average Bonchev–Trinajstić information content (AvgIpc) is 2.96. The number of sulfonamides is 1. The maximum atomic E-state index is 11.9. The molecular weight excluding hydrogens is 274 g/mol. The predicted octanol–water partition coefficient (Wildman–Crippen LogP) is -0.118. The van der Waals surface area contributed by atoms with Crippen LogP contribution in [0.4, 0.5) is 5.69 Å². The maximum Gasteiger partial charge on any atom is 0.305 e. The highest BCUT2D eigenvalue weighted by Gasteiger charge is 2.17. The van der Waals surface area contributed by atoms with Crippen LogP contribution in [-0.4, -0.2) is 39.5 Å². The lowest BCUT2D eigenvalue weighted by Gasteiger charge is -2.02. The van der Waals surface area contributed by atoms with Crippen molar-refractivity contribution in [1.29, 1.82) is 0 Å². The quantitative estimate of drug-likeness (QED) is 0.678. The number of aryl methyl sites for hydroxylation is 1. The molecule has 0 bridgehead atoms. The molecule has 0 saturated carbocycles. The Morgan fingerprint density at radius 2 is 2.26 bits per heavy atom. The normalized spacial score (nSPS) is 11.4. The van der Waals surface area contributed by atoms with E-state index in [1.807, 2.05) is 0 Å². The van der Waals surface area contributed by atoms with Gasteiger partial charge in [0.2, 0.25) is 0 Å². The van der Waals surface area contributed by atoms with Crippen LogP contribution in [0.2, 0.25) is 0 Å². The summed E-state index contributed by atoms with van der Waals surface area (Å²) in [5.74, 6) is -0.976. The molecule has 2 aromatic heterocycles. The van der Waals surface area contributed by atoms with Gasteiger partial charge in [0, 0.05) is 12.4 Å². The van der Waals surface area contributed by atoms with Crippen LogP contribution < -0.4 is 4.72 Å². The van der Waals surface area contributed by atoms with Gasteiger partial charge in [0.15, 0.2) is 0 Å². The van der Waals surface area contributed by atoms with Gasteiger partial charge in [-0.15, -0.1) is 0 Å². The molecule has 9 nitrogen and oxygen atoms in total. The summed E-state index contributed by atoms with van der Waals surface area (Å²) in [4.78, 5) is 10.4. The van der Waals surface area contributed by atoms with Gasteiger partial charge in [-0.05, 0) is 0 Å². The van der Waals surface area contributed by atoms with Crippen molar-refractivity contribution < 1.29 is 18.3 Å². The number of anilines is 1. The first-order valence-corrected chi connectivity index (χ1v) is 6.71. The Morgan fingerprint density at radius 1 is 1.47 bits per heavy atom. The summed E-state index contributed by atoms with van der Waals surface area (Å²) in [6.45, 7) is 0.108. The SMILES string of the molecule is O=C(O)CCn1cc(S(=O)(=O)Nc2cn[nH]c2)cn1. The molecule has 0 spiro atoms. The topological polar surface area (TPSA) is 130 Å². The number of nitrogens with zero attached hydrogens (tertiary/aromatic N) is 3. The third-order valence-corrected chi connectivity index (χ3v) is 3.56. The van der Waals surface area contributed by atoms with Crippen LogP contribution in [0.3, 0.4) is 0 Å². The number of carboxylic acids is 1. The molecule has 0 aliphatic heterocycles. The number of carboxylic acid groups (broad SMARTS) is 1. The second-order valence-electron chi connectivity index (χ2n) is 3.68. The standard InChI is InChI=1S/C9H11N5O4S/c15-9(16)1-2-14-6-8(5-12-14)19(17,18)13-7-3-10-11-4-7/h3-6,13H,1-2H2,(H,10,11)(H,15,16). The third kappa shape index (κ3) is 3.31. The highest BCUT2D eigenvalue weighted by atomic mass is 32.2. The van der Waals surface area contributed by atoms with E-state index in [1.54, 1.807) is 0 Å². The molecule has 2 rings (SSSR count). The lowest BCUT2D eigenvalue weighted by molar-refractivity contribution is -0.137. The second kappa shape index (κ2) is 5.10. The van der Waals surface area contributed by atoms with Gasteiger partial charge >= 0.3 is 5.97 Å². The molecule has 0 amide bonds. The third-order valence-electron chi connectivity index (χ3n) is 2.23. The van der Waals surface area contributed by atoms with Gasteiger partial charge in [-0.1, -0.05) is 0 Å². The molecule has 0 atom stereocenters. The first-order valence-electron chi connectivity index (χ1n) is 5.23. The molecule has 0 aliphatic rings. The van der Waals surface area contributed by atoms with Crippen LogP contribution >= 0.6 is 0 Å². The number of carbonyl (C=O) groups is 1. The maximum absolute atomic E-state index is 11.9. The summed E-state index contributed by atoms with van der Waals surface area (Å²) >= 11 is 0. The van der Waals surface area contributed by atoms with E-state index in [0.717, 1.165) is 6.20 Å². The van der Waals surface area contributed by atoms with E-state index in [2.05, 4.69) is 20.0 Å². The number of rotatable bonds is 6. The van der Waals surface area contributed by atoms with Crippen LogP contribution in [0.15, 0.2) is 29.7 Å². The molecule has 3 N–H and O–H groups in total. The molecule has 2 aromatic rings. The van der Waals surface area contributed by atoms with Crippen molar-refractivity contribution in [1.82, 2.24) is 20.0 Å². The van der Waals surface area contributed by atoms with Crippen molar-refractivity contribution in [3.8, 4) is 0 Å². The Balaban J connectivity index is 2.10. The highest BCUT2D eigenvalue weighted by Crippen LogP contribution is 2.13. The number of H-pyrrole nitrogens is 1. The van der Waals surface area contributed by atoms with Crippen LogP contribution in [-0.2, 0) is 21.4 Å². The van der Waals surface area contributed by atoms with E-state index in [4.69, 9.17) is 5.11 Å². The Morgan fingerprint density at radius 3 is 2.89 bits per heavy atom. The molecule has 19 heavy (non-hydrogen) atoms. The summed E-state index contributed by atoms with van der Waals surface area (Å²) in [7, 11) is -3.74. The molecule has 0 unspecified atom stereocenters. The molecule has 0 aromatic carbocycles. The van der Waals surface area contributed by atoms with Crippen molar-refractivity contribution in [3.63, 3.8) is 0 Å². The van der Waals surface area contributed by atoms with Gasteiger partial charge in [-0.2, -0.15) is 10.2 Å². The number of hydrogen-bond acceptors (Lipinski definition) is 5. The molecular formula is C9H11N5O4S. The van der Waals surface area contributed by atoms with E-state index < -0.39 is 16.0 Å². The van der Waals surface area contributed by atoms with Gasteiger partial charge in [-0.3, -0.25) is 19.3 Å². The number of aromatic nitrogens is 4. The average molecular weight is 285 g/mol. The molecule has 10 heteroatoms. The number of aliphatic carboxylic acids is 1. The second-order valence-corrected chi connectivity index (χ2v) is 5.36. The minimum Gasteiger partial charge on any atom is -0.481 e. The summed E-state index contributed by atoms with van der Waals surface area (Å²) in [6.07, 6.45) is 5.02. The first kappa shape index (κ1) is 13.1. The van der Waals surface area contributed by atoms with E-state index in [0.29, 0.717) is 5.69 Å². The minimum atomic E-state index is -3.74. The molecule has 0 aliphatic carbocycles. The predicted molar refractivity (Wildman–Crippen MR) is 63.9 cm³/mol. The zero-order valence-corrected chi connectivity index (χ0v) is 10.5. The zero-order valence-electron chi connectivity index (χ0n) is 9.65. The lowest BCUT2D eigenvalue weighted by atomic mass is 10.4. The summed E-state index contributed by atoms with van der Waals surface area (Å²) in [5, 5.41) is 18.4. The van der Waals surface area contributed by atoms with Gasteiger partial charge < -0.3 is 5.11 Å². The van der Waals surface area contributed by atoms with E-state index in [9.17, 15) is 13.2 Å². The van der Waals surface area contributed by atoms with Crippen LogP contribution in [0, 0.1) is 0 Å². The fourth-order valence-corrected chi connectivity index (χ4v) is 2.32. The summed E-state index contributed by atoms with van der Waals surface area (Å²) < 4.78 is 27.4. The van der Waals surface area contributed by atoms with E-state index in [1.165, 1.54) is 23.3 Å². The Bertz CT molecular complexity index is 661. The van der Waals surface area contributed by atoms with Gasteiger partial charge in [0.05, 0.1) is 31.0 Å². The number of hydrogen-bond donors (Lipinski definition) is 3. The monoisotopic (exact) mass is 285 g/mol.